The molecule has 33 heavy (non-hydrogen) atoms. The lowest BCUT2D eigenvalue weighted by atomic mass is 10.1. The predicted molar refractivity (Wildman–Crippen MR) is 132 cm³/mol. The molecule has 1 amide bonds. The lowest BCUT2D eigenvalue weighted by Crippen LogP contribution is -2.25. The van der Waals surface area contributed by atoms with Crippen LogP contribution in [-0.4, -0.2) is 26.7 Å². The summed E-state index contributed by atoms with van der Waals surface area (Å²) < 4.78 is 16.4. The molecule has 0 saturated heterocycles. The lowest BCUT2D eigenvalue weighted by molar-refractivity contribution is -0.113. The Balaban J connectivity index is 1.80. The van der Waals surface area contributed by atoms with Gasteiger partial charge < -0.3 is 14.2 Å². The van der Waals surface area contributed by atoms with Crippen molar-refractivity contribution in [1.82, 2.24) is 0 Å². The van der Waals surface area contributed by atoms with Crippen LogP contribution in [0.3, 0.4) is 0 Å². The average molecular weight is 462 g/mol. The van der Waals surface area contributed by atoms with E-state index in [1.165, 1.54) is 0 Å². The second-order valence-corrected chi connectivity index (χ2v) is 7.76. The van der Waals surface area contributed by atoms with Gasteiger partial charge in [0.05, 0.1) is 32.2 Å². The Morgan fingerprint density at radius 1 is 0.939 bits per heavy atom. The molecule has 0 unspecified atom stereocenters. The third-order valence-electron chi connectivity index (χ3n) is 5.24. The zero-order valence-corrected chi connectivity index (χ0v) is 19.4. The minimum atomic E-state index is -0.136. The number of rotatable bonds is 7. The number of carbonyl (C=O) groups excluding carboxylic acids is 1. The Labute approximate surface area is 198 Å². The molecule has 0 atom stereocenters. The van der Waals surface area contributed by atoms with Crippen LogP contribution in [0.4, 0.5) is 5.69 Å². The number of hydrogen-bond donors (Lipinski definition) is 0. The number of ether oxygens (including phenoxy) is 3. The molecular formula is C27H24ClNO4. The van der Waals surface area contributed by atoms with Gasteiger partial charge in [0.15, 0.2) is 11.5 Å². The fraction of sp³-hybridized carbons (Fsp3) is 0.148. The van der Waals surface area contributed by atoms with Crippen LogP contribution in [-0.2, 0) is 4.79 Å². The summed E-state index contributed by atoms with van der Waals surface area (Å²) in [5, 5.41) is 0.634. The number of halogens is 1. The van der Waals surface area contributed by atoms with Crippen molar-refractivity contribution in [3.63, 3.8) is 0 Å². The minimum absolute atomic E-state index is 0.136. The van der Waals surface area contributed by atoms with Crippen molar-refractivity contribution in [3.8, 4) is 17.2 Å². The van der Waals surface area contributed by atoms with Crippen molar-refractivity contribution in [3.05, 3.63) is 94.5 Å². The van der Waals surface area contributed by atoms with Crippen molar-refractivity contribution in [1.29, 1.82) is 0 Å². The first-order chi connectivity index (χ1) is 16.0. The highest BCUT2D eigenvalue weighted by Gasteiger charge is 2.30. The fourth-order valence-corrected chi connectivity index (χ4v) is 3.83. The highest BCUT2D eigenvalue weighted by Crippen LogP contribution is 2.37. The molecule has 1 heterocycles. The molecule has 0 N–H and O–H groups in total. The molecule has 0 radical (unpaired) electrons. The van der Waals surface area contributed by atoms with E-state index in [-0.39, 0.29) is 5.91 Å². The SMILES string of the molecule is CCOc1cccc(N2C(=O)/C(=C/c3ccc(OC)c(OC)c3)C=C2c2ccc(Cl)cc2)c1. The predicted octanol–water partition coefficient (Wildman–Crippen LogP) is 6.23. The van der Waals surface area contributed by atoms with Gasteiger partial charge in [0.25, 0.3) is 5.91 Å². The van der Waals surface area contributed by atoms with Crippen LogP contribution in [0.1, 0.15) is 18.1 Å². The second-order valence-electron chi connectivity index (χ2n) is 7.32. The van der Waals surface area contributed by atoms with E-state index in [2.05, 4.69) is 0 Å². The smallest absolute Gasteiger partial charge is 0.262 e. The molecule has 5 nitrogen and oxygen atoms in total. The van der Waals surface area contributed by atoms with E-state index in [1.807, 2.05) is 85.8 Å². The van der Waals surface area contributed by atoms with Gasteiger partial charge in [0.1, 0.15) is 5.75 Å². The summed E-state index contributed by atoms with van der Waals surface area (Å²) in [6, 6.07) is 20.5. The van der Waals surface area contributed by atoms with Gasteiger partial charge in [0, 0.05) is 16.7 Å². The standard InChI is InChI=1S/C27H24ClNO4/c1-4-33-23-7-5-6-22(17-23)29-24(19-9-11-21(28)12-10-19)16-20(27(29)30)14-18-8-13-25(31-2)26(15-18)32-3/h5-17H,4H2,1-3H3/b20-14+. The van der Waals surface area contributed by atoms with Crippen molar-refractivity contribution in [2.75, 3.05) is 25.7 Å². The summed E-state index contributed by atoms with van der Waals surface area (Å²) in [6.45, 7) is 2.47. The maximum absolute atomic E-state index is 13.6. The van der Waals surface area contributed by atoms with Gasteiger partial charge in [-0.25, -0.2) is 0 Å². The van der Waals surface area contributed by atoms with Crippen LogP contribution in [0.2, 0.25) is 5.02 Å². The normalized spacial score (nSPS) is 14.4. The van der Waals surface area contributed by atoms with Gasteiger partial charge in [-0.2, -0.15) is 0 Å². The molecule has 0 aromatic heterocycles. The number of hydrogen-bond acceptors (Lipinski definition) is 4. The molecule has 1 aliphatic heterocycles. The monoisotopic (exact) mass is 461 g/mol. The zero-order chi connectivity index (χ0) is 23.4. The van der Waals surface area contributed by atoms with E-state index in [1.54, 1.807) is 19.1 Å². The van der Waals surface area contributed by atoms with E-state index in [9.17, 15) is 4.79 Å². The fourth-order valence-electron chi connectivity index (χ4n) is 3.71. The topological polar surface area (TPSA) is 48.0 Å². The first kappa shape index (κ1) is 22.5. The second kappa shape index (κ2) is 9.84. The van der Waals surface area contributed by atoms with Crippen LogP contribution < -0.4 is 19.1 Å². The molecule has 0 spiro atoms. The van der Waals surface area contributed by atoms with Crippen molar-refractivity contribution < 1.29 is 19.0 Å². The lowest BCUT2D eigenvalue weighted by Gasteiger charge is -2.21. The van der Waals surface area contributed by atoms with Crippen LogP contribution in [0.5, 0.6) is 17.2 Å². The Morgan fingerprint density at radius 2 is 1.70 bits per heavy atom. The van der Waals surface area contributed by atoms with Crippen LogP contribution in [0.25, 0.3) is 11.8 Å². The first-order valence-electron chi connectivity index (χ1n) is 10.5. The molecule has 168 valence electrons. The molecule has 4 rings (SSSR count). The largest absolute Gasteiger partial charge is 0.494 e. The molecule has 1 aliphatic rings. The van der Waals surface area contributed by atoms with E-state index in [0.717, 1.165) is 22.5 Å². The number of benzene rings is 3. The van der Waals surface area contributed by atoms with Crippen molar-refractivity contribution in [2.24, 2.45) is 0 Å². The molecule has 0 saturated carbocycles. The average Bonchev–Trinajstić information content (AvgIpc) is 3.15. The Kier molecular flexibility index (Phi) is 6.71. The number of methoxy groups -OCH3 is 2. The van der Waals surface area contributed by atoms with Gasteiger partial charge in [-0.1, -0.05) is 35.9 Å². The molecular weight excluding hydrogens is 438 g/mol. The van der Waals surface area contributed by atoms with Crippen LogP contribution >= 0.6 is 11.6 Å². The molecule has 6 heteroatoms. The molecule has 0 bridgehead atoms. The van der Waals surface area contributed by atoms with Crippen molar-refractivity contribution >= 4 is 35.0 Å². The zero-order valence-electron chi connectivity index (χ0n) is 18.7. The quantitative estimate of drug-likeness (QED) is 0.391. The molecule has 0 aliphatic carbocycles. The maximum atomic E-state index is 13.6. The summed E-state index contributed by atoms with van der Waals surface area (Å²) >= 11 is 6.10. The number of anilines is 1. The number of nitrogens with zero attached hydrogens (tertiary/aromatic N) is 1. The summed E-state index contributed by atoms with van der Waals surface area (Å²) in [7, 11) is 3.17. The van der Waals surface area contributed by atoms with Gasteiger partial charge in [0.2, 0.25) is 0 Å². The van der Waals surface area contributed by atoms with E-state index in [4.69, 9.17) is 25.8 Å². The Bertz CT molecular complexity index is 1230. The van der Waals surface area contributed by atoms with Gasteiger partial charge in [-0.3, -0.25) is 9.69 Å². The van der Waals surface area contributed by atoms with Gasteiger partial charge >= 0.3 is 0 Å². The summed E-state index contributed by atoms with van der Waals surface area (Å²) in [5.41, 5.74) is 3.74. The first-order valence-corrected chi connectivity index (χ1v) is 10.9. The minimum Gasteiger partial charge on any atom is -0.494 e. The summed E-state index contributed by atoms with van der Waals surface area (Å²) in [6.07, 6.45) is 3.72. The third kappa shape index (κ3) is 4.73. The van der Waals surface area contributed by atoms with Crippen LogP contribution in [0.15, 0.2) is 78.4 Å². The summed E-state index contributed by atoms with van der Waals surface area (Å²) in [4.78, 5) is 15.3. The van der Waals surface area contributed by atoms with Gasteiger partial charge in [-0.15, -0.1) is 0 Å². The van der Waals surface area contributed by atoms with Crippen LogP contribution in [0, 0.1) is 0 Å². The Hall–Kier alpha value is -3.70. The van der Waals surface area contributed by atoms with E-state index in [0.29, 0.717) is 34.5 Å². The maximum Gasteiger partial charge on any atom is 0.262 e. The van der Waals surface area contributed by atoms with E-state index >= 15 is 0 Å². The van der Waals surface area contributed by atoms with E-state index < -0.39 is 0 Å². The number of amides is 1. The van der Waals surface area contributed by atoms with Gasteiger partial charge in [-0.05, 0) is 66.6 Å². The highest BCUT2D eigenvalue weighted by molar-refractivity contribution is 6.30. The molecule has 3 aromatic carbocycles. The number of carbonyl (C=O) groups is 1. The molecule has 0 fully saturated rings. The highest BCUT2D eigenvalue weighted by atomic mass is 35.5. The van der Waals surface area contributed by atoms with Crippen molar-refractivity contribution in [2.45, 2.75) is 6.92 Å². The molecule has 3 aromatic rings. The Morgan fingerprint density at radius 3 is 2.39 bits per heavy atom. The summed E-state index contributed by atoms with van der Waals surface area (Å²) in [5.74, 6) is 1.79. The third-order valence-corrected chi connectivity index (χ3v) is 5.49.